The van der Waals surface area contributed by atoms with Crippen molar-refractivity contribution in [2.45, 2.75) is 26.3 Å². The van der Waals surface area contributed by atoms with E-state index in [0.717, 1.165) is 28.9 Å². The van der Waals surface area contributed by atoms with Crippen molar-refractivity contribution in [3.8, 4) is 0 Å². The fraction of sp³-hybridized carbons (Fsp3) is 0.316. The highest BCUT2D eigenvalue weighted by Crippen LogP contribution is 2.26. The van der Waals surface area contributed by atoms with Crippen LogP contribution in [0.3, 0.4) is 0 Å². The number of nitrogens with zero attached hydrogens (tertiary/aromatic N) is 1. The average molecular weight is 345 g/mol. The first-order chi connectivity index (χ1) is 11.1. The highest BCUT2D eigenvalue weighted by Gasteiger charge is 2.19. The first kappa shape index (κ1) is 16.4. The third-order valence-electron chi connectivity index (χ3n) is 4.23. The fourth-order valence-electron chi connectivity index (χ4n) is 2.86. The van der Waals surface area contributed by atoms with Crippen LogP contribution in [0.4, 0.5) is 0 Å². The molecule has 0 radical (unpaired) electrons. The Bertz CT molecular complexity index is 727. The summed E-state index contributed by atoms with van der Waals surface area (Å²) >= 11 is 7.95. The van der Waals surface area contributed by atoms with Gasteiger partial charge >= 0.3 is 0 Å². The number of rotatable bonds is 4. The number of aryl methyl sites for hydroxylation is 1. The summed E-state index contributed by atoms with van der Waals surface area (Å²) in [5.41, 5.74) is 5.23. The molecule has 0 saturated heterocycles. The maximum atomic E-state index is 6.15. The Morgan fingerprint density at radius 1 is 1.22 bits per heavy atom. The van der Waals surface area contributed by atoms with E-state index in [-0.39, 0.29) is 6.04 Å². The van der Waals surface area contributed by atoms with E-state index in [1.807, 2.05) is 18.2 Å². The fourth-order valence-corrected chi connectivity index (χ4v) is 3.86. The monoisotopic (exact) mass is 344 g/mol. The van der Waals surface area contributed by atoms with Gasteiger partial charge in [-0.25, -0.2) is 0 Å². The minimum absolute atomic E-state index is 0.206. The van der Waals surface area contributed by atoms with Gasteiger partial charge in [0.25, 0.3) is 0 Å². The molecule has 0 bridgehead atoms. The first-order valence-electron chi connectivity index (χ1n) is 7.88. The molecule has 2 aromatic carbocycles. The quantitative estimate of drug-likeness (QED) is 0.850. The molecule has 0 amide bonds. The molecule has 4 heteroatoms. The molecule has 1 aliphatic rings. The summed E-state index contributed by atoms with van der Waals surface area (Å²) in [5, 5.41) is 5.48. The second kappa shape index (κ2) is 7.41. The van der Waals surface area contributed by atoms with Crippen molar-refractivity contribution in [1.82, 2.24) is 5.32 Å². The van der Waals surface area contributed by atoms with Gasteiger partial charge in [-0.1, -0.05) is 53.7 Å². The molecule has 0 fully saturated rings. The van der Waals surface area contributed by atoms with Crippen LogP contribution in [0.2, 0.25) is 5.02 Å². The van der Waals surface area contributed by atoms with Gasteiger partial charge in [-0.3, -0.25) is 4.99 Å². The maximum Gasteiger partial charge on any atom is 0.157 e. The van der Waals surface area contributed by atoms with Crippen molar-refractivity contribution in [3.63, 3.8) is 0 Å². The zero-order chi connectivity index (χ0) is 16.2. The summed E-state index contributed by atoms with van der Waals surface area (Å²) in [6, 6.07) is 14.8. The van der Waals surface area contributed by atoms with Gasteiger partial charge < -0.3 is 5.32 Å². The van der Waals surface area contributed by atoms with Crippen molar-refractivity contribution in [1.29, 1.82) is 0 Å². The second-order valence-electron chi connectivity index (χ2n) is 5.86. The van der Waals surface area contributed by atoms with Gasteiger partial charge in [0.15, 0.2) is 5.17 Å². The molecule has 0 aromatic heterocycles. The van der Waals surface area contributed by atoms with Gasteiger partial charge in [0.1, 0.15) is 0 Å². The van der Waals surface area contributed by atoms with Crippen LogP contribution in [0.25, 0.3) is 0 Å². The molecule has 23 heavy (non-hydrogen) atoms. The average Bonchev–Trinajstić information content (AvgIpc) is 3.02. The highest BCUT2D eigenvalue weighted by molar-refractivity contribution is 8.14. The molecule has 1 heterocycles. The van der Waals surface area contributed by atoms with E-state index in [1.54, 1.807) is 11.8 Å². The van der Waals surface area contributed by atoms with Gasteiger partial charge in [-0.05, 0) is 54.7 Å². The van der Waals surface area contributed by atoms with E-state index in [9.17, 15) is 0 Å². The molecule has 0 aliphatic carbocycles. The lowest BCUT2D eigenvalue weighted by atomic mass is 9.93. The standard InChI is InChI=1S/C19H21ClN2S/c1-13-5-3-8-17(14(13)2)18(22-19-21-9-10-23-19)12-15-6-4-7-16(20)11-15/h3-8,11,18H,9-10,12H2,1-2H3,(H,21,22). The van der Waals surface area contributed by atoms with Crippen LogP contribution in [0.15, 0.2) is 47.5 Å². The number of benzene rings is 2. The Labute approximate surface area is 147 Å². The third-order valence-corrected chi connectivity index (χ3v) is 5.38. The molecule has 0 spiro atoms. The van der Waals surface area contributed by atoms with E-state index in [0.29, 0.717) is 0 Å². The maximum absolute atomic E-state index is 6.15. The summed E-state index contributed by atoms with van der Waals surface area (Å²) in [6.07, 6.45) is 0.893. The van der Waals surface area contributed by atoms with Crippen molar-refractivity contribution in [2.75, 3.05) is 12.3 Å². The Hall–Kier alpha value is -1.45. The van der Waals surface area contributed by atoms with Gasteiger partial charge in [-0.2, -0.15) is 0 Å². The summed E-state index contributed by atoms with van der Waals surface area (Å²) in [5.74, 6) is 1.07. The molecule has 120 valence electrons. The molecule has 3 rings (SSSR count). The molecule has 1 unspecified atom stereocenters. The number of halogens is 1. The topological polar surface area (TPSA) is 24.4 Å². The molecule has 1 atom stereocenters. The highest BCUT2D eigenvalue weighted by atomic mass is 35.5. The van der Waals surface area contributed by atoms with Crippen LogP contribution in [0, 0.1) is 13.8 Å². The number of nitrogens with one attached hydrogen (secondary N) is 1. The lowest BCUT2D eigenvalue weighted by Gasteiger charge is -2.23. The SMILES string of the molecule is Cc1cccc(C(Cc2cccc(Cl)c2)NC2=NCCS2)c1C. The predicted octanol–water partition coefficient (Wildman–Crippen LogP) is 4.93. The van der Waals surface area contributed by atoms with Crippen LogP contribution in [0.1, 0.15) is 28.3 Å². The first-order valence-corrected chi connectivity index (χ1v) is 9.24. The number of hydrogen-bond acceptors (Lipinski definition) is 3. The second-order valence-corrected chi connectivity index (χ2v) is 7.38. The van der Waals surface area contributed by atoms with Crippen molar-refractivity contribution in [2.24, 2.45) is 4.99 Å². The Balaban J connectivity index is 1.91. The Morgan fingerprint density at radius 3 is 2.78 bits per heavy atom. The van der Waals surface area contributed by atoms with Gasteiger partial charge in [0, 0.05) is 10.8 Å². The zero-order valence-corrected chi connectivity index (χ0v) is 15.0. The summed E-state index contributed by atoms with van der Waals surface area (Å²) < 4.78 is 0. The van der Waals surface area contributed by atoms with Gasteiger partial charge in [-0.15, -0.1) is 0 Å². The number of hydrogen-bond donors (Lipinski definition) is 1. The van der Waals surface area contributed by atoms with Crippen LogP contribution in [-0.2, 0) is 6.42 Å². The molecule has 1 aliphatic heterocycles. The number of thioether (sulfide) groups is 1. The zero-order valence-electron chi connectivity index (χ0n) is 13.5. The molecular formula is C19H21ClN2S. The number of amidine groups is 1. The largest absolute Gasteiger partial charge is 0.358 e. The molecule has 1 N–H and O–H groups in total. The minimum Gasteiger partial charge on any atom is -0.358 e. The normalized spacial score (nSPS) is 15.3. The molecular weight excluding hydrogens is 324 g/mol. The van der Waals surface area contributed by atoms with Crippen LogP contribution in [-0.4, -0.2) is 17.5 Å². The number of aliphatic imine (C=N–C) groups is 1. The predicted molar refractivity (Wildman–Crippen MR) is 102 cm³/mol. The third kappa shape index (κ3) is 4.10. The van der Waals surface area contributed by atoms with Crippen molar-refractivity contribution in [3.05, 3.63) is 69.7 Å². The van der Waals surface area contributed by atoms with Crippen molar-refractivity contribution < 1.29 is 0 Å². The van der Waals surface area contributed by atoms with Crippen LogP contribution in [0.5, 0.6) is 0 Å². The van der Waals surface area contributed by atoms with E-state index < -0.39 is 0 Å². The summed E-state index contributed by atoms with van der Waals surface area (Å²) in [7, 11) is 0. The van der Waals surface area contributed by atoms with E-state index in [4.69, 9.17) is 11.6 Å². The van der Waals surface area contributed by atoms with E-state index >= 15 is 0 Å². The molecule has 2 nitrogen and oxygen atoms in total. The minimum atomic E-state index is 0.206. The van der Waals surface area contributed by atoms with Gasteiger partial charge in [0.2, 0.25) is 0 Å². The van der Waals surface area contributed by atoms with Crippen LogP contribution >= 0.6 is 23.4 Å². The Kier molecular flexibility index (Phi) is 5.29. The van der Waals surface area contributed by atoms with Crippen LogP contribution < -0.4 is 5.32 Å². The lowest BCUT2D eigenvalue weighted by molar-refractivity contribution is 0.643. The molecule has 2 aromatic rings. The summed E-state index contributed by atoms with van der Waals surface area (Å²) in [4.78, 5) is 4.55. The lowest BCUT2D eigenvalue weighted by Crippen LogP contribution is -2.28. The van der Waals surface area contributed by atoms with Crippen molar-refractivity contribution >= 4 is 28.5 Å². The summed E-state index contributed by atoms with van der Waals surface area (Å²) in [6.45, 7) is 5.27. The molecule has 0 saturated carbocycles. The van der Waals surface area contributed by atoms with E-state index in [2.05, 4.69) is 48.4 Å². The smallest absolute Gasteiger partial charge is 0.157 e. The van der Waals surface area contributed by atoms with E-state index in [1.165, 1.54) is 22.3 Å². The van der Waals surface area contributed by atoms with Gasteiger partial charge in [0.05, 0.1) is 12.6 Å². The Morgan fingerprint density at radius 2 is 2.04 bits per heavy atom.